The number of methoxy groups -OCH3 is 2. The minimum Gasteiger partial charge on any atom is -0.548 e. The van der Waals surface area contributed by atoms with Gasteiger partial charge in [0.1, 0.15) is 4.32 Å². The number of thioether (sulfide) groups is 1. The fourth-order valence-corrected chi connectivity index (χ4v) is 3.49. The first-order valence-electron chi connectivity index (χ1n) is 6.73. The van der Waals surface area contributed by atoms with E-state index >= 15 is 0 Å². The normalized spacial score (nSPS) is 17.3. The number of phenolic OH excluding ortho intramolecular Hbond substituents is 1. The highest BCUT2D eigenvalue weighted by atomic mass is 32.2. The molecule has 0 radical (unpaired) electrons. The minimum atomic E-state index is -1.39. The Balaban J connectivity index is 2.41. The molecule has 1 aliphatic rings. The molecule has 1 aliphatic heterocycles. The van der Waals surface area contributed by atoms with Crippen LogP contribution in [-0.4, -0.2) is 46.5 Å². The van der Waals surface area contributed by atoms with Crippen LogP contribution in [0.25, 0.3) is 6.08 Å². The van der Waals surface area contributed by atoms with E-state index < -0.39 is 17.9 Å². The molecule has 24 heavy (non-hydrogen) atoms. The van der Waals surface area contributed by atoms with Crippen LogP contribution in [0.2, 0.25) is 0 Å². The molecule has 0 aromatic heterocycles. The van der Waals surface area contributed by atoms with Crippen molar-refractivity contribution in [3.63, 3.8) is 0 Å². The third-order valence-electron chi connectivity index (χ3n) is 3.35. The lowest BCUT2D eigenvalue weighted by molar-refractivity contribution is -0.309. The molecule has 0 spiro atoms. The first kappa shape index (κ1) is 18.1. The number of carboxylic acids is 1. The van der Waals surface area contributed by atoms with Gasteiger partial charge >= 0.3 is 0 Å². The number of amides is 1. The van der Waals surface area contributed by atoms with E-state index in [2.05, 4.69) is 0 Å². The summed E-state index contributed by atoms with van der Waals surface area (Å²) in [5, 5.41) is 20.9. The van der Waals surface area contributed by atoms with Gasteiger partial charge in [-0.25, -0.2) is 0 Å². The Hall–Kier alpha value is -2.26. The van der Waals surface area contributed by atoms with Crippen molar-refractivity contribution >= 4 is 46.3 Å². The second kappa shape index (κ2) is 7.10. The molecule has 0 saturated carbocycles. The van der Waals surface area contributed by atoms with Crippen LogP contribution in [0.15, 0.2) is 17.0 Å². The minimum absolute atomic E-state index is 0.139. The van der Waals surface area contributed by atoms with E-state index in [4.69, 9.17) is 21.7 Å². The molecule has 1 N–H and O–H groups in total. The van der Waals surface area contributed by atoms with Gasteiger partial charge in [-0.2, -0.15) is 0 Å². The number of hydrogen-bond acceptors (Lipinski definition) is 8. The maximum absolute atomic E-state index is 12.4. The highest BCUT2D eigenvalue weighted by Gasteiger charge is 2.35. The van der Waals surface area contributed by atoms with Crippen molar-refractivity contribution in [2.24, 2.45) is 0 Å². The van der Waals surface area contributed by atoms with Crippen molar-refractivity contribution in [2.75, 3.05) is 14.2 Å². The van der Waals surface area contributed by atoms with Crippen molar-refractivity contribution in [1.82, 2.24) is 4.90 Å². The molecule has 1 aromatic carbocycles. The second-order valence-electron chi connectivity index (χ2n) is 4.82. The summed E-state index contributed by atoms with van der Waals surface area (Å²) in [6.45, 7) is 1.33. The fourth-order valence-electron chi connectivity index (χ4n) is 2.07. The van der Waals surface area contributed by atoms with Crippen LogP contribution in [0.5, 0.6) is 17.2 Å². The number of carbonyl (C=O) groups excluding carboxylic acids is 2. The molecular formula is C15H14NO6S2-. The number of carbonyl (C=O) groups is 2. The predicted molar refractivity (Wildman–Crippen MR) is 90.7 cm³/mol. The van der Waals surface area contributed by atoms with Crippen LogP contribution >= 0.6 is 24.0 Å². The van der Waals surface area contributed by atoms with Gasteiger partial charge < -0.3 is 24.5 Å². The van der Waals surface area contributed by atoms with Gasteiger partial charge in [0.2, 0.25) is 5.75 Å². The number of aliphatic carboxylic acids is 1. The summed E-state index contributed by atoms with van der Waals surface area (Å²) in [6, 6.07) is 1.88. The van der Waals surface area contributed by atoms with Crippen LogP contribution in [0.1, 0.15) is 12.5 Å². The molecule has 1 saturated heterocycles. The quantitative estimate of drug-likeness (QED) is 0.600. The van der Waals surface area contributed by atoms with Crippen LogP contribution in [0.4, 0.5) is 0 Å². The number of rotatable bonds is 5. The third-order valence-corrected chi connectivity index (χ3v) is 4.68. The molecule has 0 bridgehead atoms. The number of phenols is 1. The maximum Gasteiger partial charge on any atom is 0.266 e. The Kier molecular flexibility index (Phi) is 5.35. The zero-order valence-corrected chi connectivity index (χ0v) is 14.7. The Morgan fingerprint density at radius 1 is 1.38 bits per heavy atom. The number of aromatic hydroxyl groups is 1. The molecule has 7 nitrogen and oxygen atoms in total. The number of carboxylic acid groups (broad SMARTS) is 1. The summed E-state index contributed by atoms with van der Waals surface area (Å²) in [4.78, 5) is 24.6. The van der Waals surface area contributed by atoms with Crippen LogP contribution in [-0.2, 0) is 9.59 Å². The summed E-state index contributed by atoms with van der Waals surface area (Å²) in [5.41, 5.74) is 0.531. The van der Waals surface area contributed by atoms with E-state index in [1.165, 1.54) is 39.4 Å². The molecule has 1 heterocycles. The number of nitrogens with zero attached hydrogens (tertiary/aromatic N) is 1. The largest absolute Gasteiger partial charge is 0.548 e. The SMILES string of the molecule is COc1cc(C=C2SC(=S)N(C(C)C(=O)[O-])C2=O)cc(OC)c1O. The van der Waals surface area contributed by atoms with Gasteiger partial charge in [-0.1, -0.05) is 24.0 Å². The highest BCUT2D eigenvalue weighted by molar-refractivity contribution is 8.26. The highest BCUT2D eigenvalue weighted by Crippen LogP contribution is 2.39. The standard InChI is InChI=1S/C15H15NO6S2/c1-7(14(19)20)16-13(18)11(24-15(16)23)6-8-4-9(21-2)12(17)10(5-8)22-3/h4-7,17H,1-3H3,(H,19,20)/p-1. The molecule has 9 heteroatoms. The first-order valence-corrected chi connectivity index (χ1v) is 7.95. The Labute approximate surface area is 147 Å². The van der Waals surface area contributed by atoms with Gasteiger partial charge in [-0.3, -0.25) is 9.69 Å². The monoisotopic (exact) mass is 368 g/mol. The number of ether oxygens (including phenoxy) is 2. The van der Waals surface area contributed by atoms with Crippen LogP contribution < -0.4 is 14.6 Å². The molecule has 2 rings (SSSR count). The van der Waals surface area contributed by atoms with Gasteiger partial charge in [0.25, 0.3) is 5.91 Å². The molecule has 0 aliphatic carbocycles. The van der Waals surface area contributed by atoms with Crippen molar-refractivity contribution < 1.29 is 29.3 Å². The average Bonchev–Trinajstić information content (AvgIpc) is 2.81. The van der Waals surface area contributed by atoms with Crippen LogP contribution in [0, 0.1) is 0 Å². The van der Waals surface area contributed by atoms with E-state index in [1.54, 1.807) is 0 Å². The van der Waals surface area contributed by atoms with Crippen molar-refractivity contribution in [3.05, 3.63) is 22.6 Å². The van der Waals surface area contributed by atoms with Crippen molar-refractivity contribution in [1.29, 1.82) is 0 Å². The summed E-state index contributed by atoms with van der Waals surface area (Å²) < 4.78 is 10.3. The van der Waals surface area contributed by atoms with Crippen LogP contribution in [0.3, 0.4) is 0 Å². The Morgan fingerprint density at radius 3 is 2.38 bits per heavy atom. The topological polar surface area (TPSA) is 99.1 Å². The first-order chi connectivity index (χ1) is 11.3. The summed E-state index contributed by atoms with van der Waals surface area (Å²) in [5.74, 6) is -1.71. The lowest BCUT2D eigenvalue weighted by Crippen LogP contribution is -2.48. The van der Waals surface area contributed by atoms with Gasteiger partial charge in [0.05, 0.1) is 31.1 Å². The summed E-state index contributed by atoms with van der Waals surface area (Å²) >= 11 is 6.06. The summed E-state index contributed by atoms with van der Waals surface area (Å²) in [6.07, 6.45) is 1.52. The molecule has 128 valence electrons. The molecule has 1 unspecified atom stereocenters. The Morgan fingerprint density at radius 2 is 1.92 bits per heavy atom. The molecule has 1 aromatic rings. The Bertz CT molecular complexity index is 720. The zero-order valence-electron chi connectivity index (χ0n) is 13.1. The predicted octanol–water partition coefficient (Wildman–Crippen LogP) is 0.749. The molecule has 1 atom stereocenters. The zero-order chi connectivity index (χ0) is 18.0. The van der Waals surface area contributed by atoms with Gasteiger partial charge in [0.15, 0.2) is 11.5 Å². The van der Waals surface area contributed by atoms with Crippen molar-refractivity contribution in [2.45, 2.75) is 13.0 Å². The second-order valence-corrected chi connectivity index (χ2v) is 6.50. The van der Waals surface area contributed by atoms with Crippen molar-refractivity contribution in [3.8, 4) is 17.2 Å². The molecular weight excluding hydrogens is 354 g/mol. The number of thiocarbonyl (C=S) groups is 1. The van der Waals surface area contributed by atoms with E-state index in [0.29, 0.717) is 5.56 Å². The smallest absolute Gasteiger partial charge is 0.266 e. The van der Waals surface area contributed by atoms with E-state index in [1.807, 2.05) is 0 Å². The fraction of sp³-hybridized carbons (Fsp3) is 0.267. The average molecular weight is 368 g/mol. The van der Waals surface area contributed by atoms with Gasteiger partial charge in [-0.15, -0.1) is 0 Å². The number of hydrogen-bond donors (Lipinski definition) is 1. The molecule has 1 amide bonds. The summed E-state index contributed by atoms with van der Waals surface area (Å²) in [7, 11) is 2.78. The lowest BCUT2D eigenvalue weighted by Gasteiger charge is -2.23. The number of benzene rings is 1. The van der Waals surface area contributed by atoms with Gasteiger partial charge in [-0.05, 0) is 30.7 Å². The van der Waals surface area contributed by atoms with E-state index in [9.17, 15) is 19.8 Å². The third kappa shape index (κ3) is 3.31. The molecule has 1 fully saturated rings. The van der Waals surface area contributed by atoms with Gasteiger partial charge in [0, 0.05) is 0 Å². The van der Waals surface area contributed by atoms with E-state index in [-0.39, 0.29) is 26.5 Å². The van der Waals surface area contributed by atoms with E-state index in [0.717, 1.165) is 16.7 Å². The maximum atomic E-state index is 12.4. The lowest BCUT2D eigenvalue weighted by atomic mass is 10.1.